The molecule has 0 saturated heterocycles. The highest BCUT2D eigenvalue weighted by Gasteiger charge is 2.13. The molecular weight excluding hydrogens is 510 g/mol. The first kappa shape index (κ1) is 22.7. The minimum atomic E-state index is -0.270. The number of anilines is 1. The Morgan fingerprint density at radius 3 is 2.77 bits per heavy atom. The predicted octanol–water partition coefficient (Wildman–Crippen LogP) is 5.47. The van der Waals surface area contributed by atoms with Crippen LogP contribution in [0.3, 0.4) is 0 Å². The van der Waals surface area contributed by atoms with Crippen LogP contribution in [-0.4, -0.2) is 25.5 Å². The quantitative estimate of drug-likeness (QED) is 0.232. The van der Waals surface area contributed by atoms with Crippen molar-refractivity contribution in [3.63, 3.8) is 0 Å². The van der Waals surface area contributed by atoms with Gasteiger partial charge in [0.15, 0.2) is 11.5 Å². The van der Waals surface area contributed by atoms with Crippen molar-refractivity contribution in [2.24, 2.45) is 5.10 Å². The van der Waals surface area contributed by atoms with Crippen LogP contribution in [0.15, 0.2) is 88.4 Å². The maximum atomic E-state index is 12.1. The largest absolute Gasteiger partial charge is 0.488 e. The van der Waals surface area contributed by atoms with Crippen LogP contribution in [0.2, 0.25) is 0 Å². The predicted molar refractivity (Wildman–Crippen MR) is 139 cm³/mol. The van der Waals surface area contributed by atoms with E-state index in [2.05, 4.69) is 56.0 Å². The molecule has 7 nitrogen and oxygen atoms in total. The van der Waals surface area contributed by atoms with E-state index in [1.54, 1.807) is 18.3 Å². The molecule has 4 aromatic rings. The van der Waals surface area contributed by atoms with Crippen molar-refractivity contribution in [1.29, 1.82) is 0 Å². The second-order valence-corrected chi connectivity index (χ2v) is 8.69. The molecule has 0 bridgehead atoms. The minimum Gasteiger partial charge on any atom is -0.488 e. The van der Waals surface area contributed by atoms with Crippen molar-refractivity contribution in [3.05, 3.63) is 94.5 Å². The van der Waals surface area contributed by atoms with Crippen molar-refractivity contribution < 1.29 is 19.0 Å². The molecule has 1 aliphatic heterocycles. The third-order valence-corrected chi connectivity index (χ3v) is 6.07. The number of carbonyl (C=O) groups excluding carboxylic acids is 1. The number of amides is 1. The number of ether oxygens (including phenoxy) is 3. The zero-order valence-corrected chi connectivity index (χ0v) is 20.2. The third-order valence-electron chi connectivity index (χ3n) is 5.45. The van der Waals surface area contributed by atoms with E-state index in [0.717, 1.165) is 27.0 Å². The van der Waals surface area contributed by atoms with Gasteiger partial charge in [0, 0.05) is 11.8 Å². The molecule has 176 valence electrons. The monoisotopic (exact) mass is 531 g/mol. The Bertz CT molecular complexity index is 1400. The summed E-state index contributed by atoms with van der Waals surface area (Å²) in [5.74, 6) is 1.81. The standard InChI is InChI=1S/C27H22BrN3O4/c28-23-12-18(8-10-24(23)33-16-20-6-3-5-19-4-1-2-7-22(19)20)14-30-31-27(32)15-29-21-9-11-25-26(13-21)35-17-34-25/h1-14,29H,15-17H2,(H,31,32)/b30-14+. The average molecular weight is 532 g/mol. The lowest BCUT2D eigenvalue weighted by atomic mass is 10.1. The minimum absolute atomic E-state index is 0.0711. The summed E-state index contributed by atoms with van der Waals surface area (Å²) >= 11 is 3.56. The van der Waals surface area contributed by atoms with Crippen LogP contribution in [0.1, 0.15) is 11.1 Å². The smallest absolute Gasteiger partial charge is 0.259 e. The molecule has 0 fully saturated rings. The molecule has 5 rings (SSSR count). The lowest BCUT2D eigenvalue weighted by Crippen LogP contribution is -2.25. The van der Waals surface area contributed by atoms with E-state index in [1.165, 1.54) is 10.8 Å². The summed E-state index contributed by atoms with van der Waals surface area (Å²) in [6, 6.07) is 25.5. The Morgan fingerprint density at radius 2 is 1.86 bits per heavy atom. The number of fused-ring (bicyclic) bond motifs is 2. The van der Waals surface area contributed by atoms with Crippen LogP contribution in [0.5, 0.6) is 17.2 Å². The number of rotatable bonds is 8. The molecule has 0 radical (unpaired) electrons. The summed E-state index contributed by atoms with van der Waals surface area (Å²) in [6.07, 6.45) is 1.58. The highest BCUT2D eigenvalue weighted by Crippen LogP contribution is 2.34. The molecule has 1 aliphatic rings. The van der Waals surface area contributed by atoms with Gasteiger partial charge in [-0.15, -0.1) is 0 Å². The van der Waals surface area contributed by atoms with Gasteiger partial charge in [-0.05, 0) is 68.2 Å². The summed E-state index contributed by atoms with van der Waals surface area (Å²) in [5, 5.41) is 9.44. The number of hydrogen-bond donors (Lipinski definition) is 2. The van der Waals surface area contributed by atoms with E-state index in [0.29, 0.717) is 18.1 Å². The number of nitrogens with zero attached hydrogens (tertiary/aromatic N) is 1. The molecule has 0 aliphatic carbocycles. The number of hydrazone groups is 1. The average Bonchev–Trinajstić information content (AvgIpc) is 3.35. The third kappa shape index (κ3) is 5.55. The molecule has 2 N–H and O–H groups in total. The van der Waals surface area contributed by atoms with Gasteiger partial charge in [-0.2, -0.15) is 5.10 Å². The van der Waals surface area contributed by atoms with Crippen LogP contribution in [0.4, 0.5) is 5.69 Å². The van der Waals surface area contributed by atoms with Crippen molar-refractivity contribution in [2.45, 2.75) is 6.61 Å². The Labute approximate surface area is 210 Å². The van der Waals surface area contributed by atoms with Crippen molar-refractivity contribution in [3.8, 4) is 17.2 Å². The number of halogens is 1. The van der Waals surface area contributed by atoms with Crippen LogP contribution >= 0.6 is 15.9 Å². The summed E-state index contributed by atoms with van der Waals surface area (Å²) in [6.45, 7) is 0.739. The van der Waals surface area contributed by atoms with Crippen molar-refractivity contribution in [2.75, 3.05) is 18.7 Å². The normalized spacial score (nSPS) is 12.1. The Hall–Kier alpha value is -4.04. The molecule has 35 heavy (non-hydrogen) atoms. The van der Waals surface area contributed by atoms with Crippen molar-refractivity contribution >= 4 is 44.5 Å². The second-order valence-electron chi connectivity index (χ2n) is 7.83. The lowest BCUT2D eigenvalue weighted by Gasteiger charge is -2.11. The highest BCUT2D eigenvalue weighted by molar-refractivity contribution is 9.10. The van der Waals surface area contributed by atoms with Gasteiger partial charge in [-0.25, -0.2) is 5.43 Å². The van der Waals surface area contributed by atoms with Gasteiger partial charge in [0.05, 0.1) is 17.2 Å². The van der Waals surface area contributed by atoms with Gasteiger partial charge in [-0.3, -0.25) is 4.79 Å². The van der Waals surface area contributed by atoms with Gasteiger partial charge in [0.1, 0.15) is 12.4 Å². The molecule has 0 unspecified atom stereocenters. The topological polar surface area (TPSA) is 81.2 Å². The van der Waals surface area contributed by atoms with Crippen LogP contribution < -0.4 is 25.0 Å². The summed E-state index contributed by atoms with van der Waals surface area (Å²) in [5.41, 5.74) is 5.22. The molecule has 1 amide bonds. The Balaban J connectivity index is 1.13. The lowest BCUT2D eigenvalue weighted by molar-refractivity contribution is -0.119. The summed E-state index contributed by atoms with van der Waals surface area (Å²) in [7, 11) is 0. The SMILES string of the molecule is O=C(CNc1ccc2c(c1)OCO2)N/N=C/c1ccc(OCc2cccc3ccccc23)c(Br)c1. The van der Waals surface area contributed by atoms with E-state index in [4.69, 9.17) is 14.2 Å². The van der Waals surface area contributed by atoms with Crippen LogP contribution in [0.25, 0.3) is 10.8 Å². The van der Waals surface area contributed by atoms with Gasteiger partial charge in [0.2, 0.25) is 6.79 Å². The second kappa shape index (κ2) is 10.5. The first-order valence-corrected chi connectivity index (χ1v) is 11.8. The van der Waals surface area contributed by atoms with E-state index in [-0.39, 0.29) is 19.2 Å². The number of hydrogen-bond acceptors (Lipinski definition) is 6. The summed E-state index contributed by atoms with van der Waals surface area (Å²) in [4.78, 5) is 12.1. The van der Waals surface area contributed by atoms with Gasteiger partial charge in [0.25, 0.3) is 5.91 Å². The zero-order chi connectivity index (χ0) is 24.0. The highest BCUT2D eigenvalue weighted by atomic mass is 79.9. The van der Waals surface area contributed by atoms with Crippen LogP contribution in [-0.2, 0) is 11.4 Å². The fourth-order valence-electron chi connectivity index (χ4n) is 3.70. The van der Waals surface area contributed by atoms with E-state index in [9.17, 15) is 4.79 Å². The molecule has 0 spiro atoms. The molecular formula is C27H22BrN3O4. The molecule has 8 heteroatoms. The maximum absolute atomic E-state index is 12.1. The van der Waals surface area contributed by atoms with Gasteiger partial charge in [-0.1, -0.05) is 42.5 Å². The Morgan fingerprint density at radius 1 is 1.00 bits per heavy atom. The Kier molecular flexibility index (Phi) is 6.81. The van der Waals surface area contributed by atoms with E-state index >= 15 is 0 Å². The maximum Gasteiger partial charge on any atom is 0.259 e. The molecule has 4 aromatic carbocycles. The number of nitrogens with one attached hydrogen (secondary N) is 2. The number of carbonyl (C=O) groups is 1. The molecule has 1 heterocycles. The van der Waals surface area contributed by atoms with E-state index < -0.39 is 0 Å². The van der Waals surface area contributed by atoms with Gasteiger partial charge >= 0.3 is 0 Å². The van der Waals surface area contributed by atoms with E-state index in [1.807, 2.05) is 42.5 Å². The molecule has 0 saturated carbocycles. The zero-order valence-electron chi connectivity index (χ0n) is 18.7. The van der Waals surface area contributed by atoms with Gasteiger partial charge < -0.3 is 19.5 Å². The van der Waals surface area contributed by atoms with Crippen LogP contribution in [0, 0.1) is 0 Å². The molecule has 0 aromatic heterocycles. The first-order chi connectivity index (χ1) is 17.2. The fraction of sp³-hybridized carbons (Fsp3) is 0.111. The van der Waals surface area contributed by atoms with Crippen molar-refractivity contribution in [1.82, 2.24) is 5.43 Å². The first-order valence-electron chi connectivity index (χ1n) is 11.0. The number of benzene rings is 4. The summed E-state index contributed by atoms with van der Waals surface area (Å²) < 4.78 is 17.5. The molecule has 0 atom stereocenters. The fourth-order valence-corrected chi connectivity index (χ4v) is 4.21.